The van der Waals surface area contributed by atoms with Crippen LogP contribution in [0.5, 0.6) is 0 Å². The van der Waals surface area contributed by atoms with Crippen LogP contribution in [-0.4, -0.2) is 36.4 Å². The second-order valence-corrected chi connectivity index (χ2v) is 4.96. The van der Waals surface area contributed by atoms with Gasteiger partial charge >= 0.3 is 12.0 Å². The third kappa shape index (κ3) is 4.11. The van der Waals surface area contributed by atoms with Crippen LogP contribution in [0.3, 0.4) is 0 Å². The lowest BCUT2D eigenvalue weighted by atomic mass is 10.1. The number of ether oxygens (including phenoxy) is 1. The van der Waals surface area contributed by atoms with Gasteiger partial charge in [0, 0.05) is 30.0 Å². The maximum atomic E-state index is 11.8. The zero-order valence-corrected chi connectivity index (χ0v) is 11.4. The number of nitrogens with one attached hydrogen (secondary N) is 2. The van der Waals surface area contributed by atoms with Crippen LogP contribution in [0.1, 0.15) is 23.2 Å². The molecule has 0 saturated carbocycles. The first-order chi connectivity index (χ1) is 9.54. The number of aromatic carboxylic acids is 1. The highest BCUT2D eigenvalue weighted by atomic mass is 35.5. The van der Waals surface area contributed by atoms with Crippen molar-refractivity contribution in [3.63, 3.8) is 0 Å². The zero-order valence-electron chi connectivity index (χ0n) is 10.7. The lowest BCUT2D eigenvalue weighted by molar-refractivity contribution is 0.0696. The van der Waals surface area contributed by atoms with E-state index in [1.807, 2.05) is 0 Å². The summed E-state index contributed by atoms with van der Waals surface area (Å²) in [5, 5.41) is 14.6. The number of benzene rings is 1. The molecule has 2 rings (SSSR count). The topological polar surface area (TPSA) is 87.7 Å². The second kappa shape index (κ2) is 6.58. The van der Waals surface area contributed by atoms with Gasteiger partial charge in [0.05, 0.1) is 5.56 Å². The lowest BCUT2D eigenvalue weighted by Crippen LogP contribution is -2.41. The van der Waals surface area contributed by atoms with E-state index in [2.05, 4.69) is 10.6 Å². The van der Waals surface area contributed by atoms with Crippen LogP contribution in [0.4, 0.5) is 10.5 Å². The molecule has 1 aliphatic rings. The van der Waals surface area contributed by atoms with E-state index in [4.69, 9.17) is 21.4 Å². The summed E-state index contributed by atoms with van der Waals surface area (Å²) in [7, 11) is 0. The van der Waals surface area contributed by atoms with Crippen molar-refractivity contribution in [3.8, 4) is 0 Å². The van der Waals surface area contributed by atoms with E-state index < -0.39 is 5.97 Å². The van der Waals surface area contributed by atoms with Crippen LogP contribution in [-0.2, 0) is 4.74 Å². The number of anilines is 1. The van der Waals surface area contributed by atoms with Crippen molar-refractivity contribution in [2.24, 2.45) is 0 Å². The van der Waals surface area contributed by atoms with Crippen LogP contribution in [0.25, 0.3) is 0 Å². The van der Waals surface area contributed by atoms with Gasteiger partial charge in [-0.2, -0.15) is 0 Å². The number of carboxylic acids is 1. The van der Waals surface area contributed by atoms with Gasteiger partial charge in [-0.1, -0.05) is 11.6 Å². The molecule has 20 heavy (non-hydrogen) atoms. The highest BCUT2D eigenvalue weighted by molar-refractivity contribution is 6.31. The van der Waals surface area contributed by atoms with Crippen LogP contribution in [0.15, 0.2) is 18.2 Å². The minimum absolute atomic E-state index is 0.0267. The Morgan fingerprint density at radius 2 is 1.95 bits per heavy atom. The third-order valence-electron chi connectivity index (χ3n) is 2.96. The van der Waals surface area contributed by atoms with Crippen molar-refractivity contribution < 1.29 is 19.4 Å². The standard InChI is InChI=1S/C13H15ClN2O4/c14-9-5-8(12(17)18)6-11(7-9)16-13(19)15-10-1-3-20-4-2-10/h5-7,10H,1-4H2,(H,17,18)(H2,15,16,19). The number of hydrogen-bond acceptors (Lipinski definition) is 3. The summed E-state index contributed by atoms with van der Waals surface area (Å²) in [5.41, 5.74) is 0.373. The molecule has 0 aromatic heterocycles. The SMILES string of the molecule is O=C(Nc1cc(Cl)cc(C(=O)O)c1)NC1CCOCC1. The number of carboxylic acid groups (broad SMARTS) is 1. The summed E-state index contributed by atoms with van der Waals surface area (Å²) in [6, 6.07) is 3.87. The highest BCUT2D eigenvalue weighted by Crippen LogP contribution is 2.19. The van der Waals surface area contributed by atoms with E-state index in [1.54, 1.807) is 0 Å². The molecule has 1 aliphatic heterocycles. The lowest BCUT2D eigenvalue weighted by Gasteiger charge is -2.23. The van der Waals surface area contributed by atoms with E-state index in [0.717, 1.165) is 12.8 Å². The Balaban J connectivity index is 1.98. The van der Waals surface area contributed by atoms with Crippen molar-refractivity contribution in [2.45, 2.75) is 18.9 Å². The Kier molecular flexibility index (Phi) is 4.81. The molecule has 0 radical (unpaired) electrons. The predicted molar refractivity (Wildman–Crippen MR) is 74.4 cm³/mol. The van der Waals surface area contributed by atoms with Crippen LogP contribution in [0.2, 0.25) is 5.02 Å². The first-order valence-electron chi connectivity index (χ1n) is 6.24. The average molecular weight is 299 g/mol. The minimum atomic E-state index is -1.10. The fourth-order valence-corrected chi connectivity index (χ4v) is 2.21. The van der Waals surface area contributed by atoms with Gasteiger partial charge in [0.25, 0.3) is 0 Å². The molecule has 0 unspecified atom stereocenters. The highest BCUT2D eigenvalue weighted by Gasteiger charge is 2.16. The zero-order chi connectivity index (χ0) is 14.5. The fraction of sp³-hybridized carbons (Fsp3) is 0.385. The summed E-state index contributed by atoms with van der Waals surface area (Å²) in [4.78, 5) is 22.7. The Labute approximate surface area is 121 Å². The van der Waals surface area contributed by atoms with Gasteiger partial charge < -0.3 is 20.5 Å². The van der Waals surface area contributed by atoms with Crippen molar-refractivity contribution in [2.75, 3.05) is 18.5 Å². The molecule has 0 atom stereocenters. The molecule has 0 aliphatic carbocycles. The normalized spacial score (nSPS) is 15.7. The quantitative estimate of drug-likeness (QED) is 0.799. The molecule has 6 nitrogen and oxygen atoms in total. The van der Waals surface area contributed by atoms with E-state index in [1.165, 1.54) is 18.2 Å². The summed E-state index contributed by atoms with van der Waals surface area (Å²) in [5.74, 6) is -1.10. The summed E-state index contributed by atoms with van der Waals surface area (Å²) >= 11 is 5.82. The smallest absolute Gasteiger partial charge is 0.335 e. The molecule has 1 saturated heterocycles. The van der Waals surface area contributed by atoms with Gasteiger partial charge in [-0.25, -0.2) is 9.59 Å². The largest absolute Gasteiger partial charge is 0.478 e. The van der Waals surface area contributed by atoms with Gasteiger partial charge in [-0.3, -0.25) is 0 Å². The maximum Gasteiger partial charge on any atom is 0.335 e. The molecule has 3 N–H and O–H groups in total. The van der Waals surface area contributed by atoms with Gasteiger partial charge in [0.1, 0.15) is 0 Å². The third-order valence-corrected chi connectivity index (χ3v) is 3.18. The van der Waals surface area contributed by atoms with Gasteiger partial charge in [-0.05, 0) is 31.0 Å². The predicted octanol–water partition coefficient (Wildman–Crippen LogP) is 2.34. The summed E-state index contributed by atoms with van der Waals surface area (Å²) in [6.45, 7) is 1.26. The van der Waals surface area contributed by atoms with Gasteiger partial charge in [0.15, 0.2) is 0 Å². The summed E-state index contributed by atoms with van der Waals surface area (Å²) < 4.78 is 5.20. The van der Waals surface area contributed by atoms with Gasteiger partial charge in [0.2, 0.25) is 0 Å². The molecule has 1 fully saturated rings. The number of urea groups is 1. The number of carbonyl (C=O) groups excluding carboxylic acids is 1. The van der Waals surface area contributed by atoms with E-state index in [9.17, 15) is 9.59 Å². The minimum Gasteiger partial charge on any atom is -0.478 e. The molecule has 7 heteroatoms. The van der Waals surface area contributed by atoms with Crippen molar-refractivity contribution in [3.05, 3.63) is 28.8 Å². The van der Waals surface area contributed by atoms with Crippen molar-refractivity contribution >= 4 is 29.3 Å². The van der Waals surface area contributed by atoms with E-state index in [0.29, 0.717) is 18.9 Å². The number of amides is 2. The average Bonchev–Trinajstić information content (AvgIpc) is 2.38. The molecule has 1 aromatic rings. The van der Waals surface area contributed by atoms with E-state index >= 15 is 0 Å². The monoisotopic (exact) mass is 298 g/mol. The molecule has 2 amide bonds. The first-order valence-corrected chi connectivity index (χ1v) is 6.61. The maximum absolute atomic E-state index is 11.8. The first kappa shape index (κ1) is 14.6. The molecule has 1 heterocycles. The van der Waals surface area contributed by atoms with Crippen LogP contribution < -0.4 is 10.6 Å². The van der Waals surface area contributed by atoms with Crippen molar-refractivity contribution in [1.29, 1.82) is 0 Å². The van der Waals surface area contributed by atoms with Crippen molar-refractivity contribution in [1.82, 2.24) is 5.32 Å². The van der Waals surface area contributed by atoms with Gasteiger partial charge in [-0.15, -0.1) is 0 Å². The number of hydrogen-bond donors (Lipinski definition) is 3. The number of halogens is 1. The molecular formula is C13H15ClN2O4. The Bertz CT molecular complexity index is 515. The van der Waals surface area contributed by atoms with E-state index in [-0.39, 0.29) is 22.7 Å². The van der Waals surface area contributed by atoms with Crippen LogP contribution in [0, 0.1) is 0 Å². The number of rotatable bonds is 3. The molecule has 0 spiro atoms. The Morgan fingerprint density at radius 1 is 1.25 bits per heavy atom. The Morgan fingerprint density at radius 3 is 2.60 bits per heavy atom. The molecule has 0 bridgehead atoms. The number of carbonyl (C=O) groups is 2. The molecule has 1 aromatic carbocycles. The summed E-state index contributed by atoms with van der Waals surface area (Å²) in [6.07, 6.45) is 1.53. The van der Waals surface area contributed by atoms with Crippen LogP contribution >= 0.6 is 11.6 Å². The second-order valence-electron chi connectivity index (χ2n) is 4.52. The molecule has 108 valence electrons. The molecular weight excluding hydrogens is 284 g/mol. The fourth-order valence-electron chi connectivity index (χ4n) is 1.98. The Hall–Kier alpha value is -1.79.